The zero-order chi connectivity index (χ0) is 13.9. The molecule has 19 heavy (non-hydrogen) atoms. The van der Waals surface area contributed by atoms with E-state index < -0.39 is 10.0 Å². The van der Waals surface area contributed by atoms with Gasteiger partial charge in [-0.25, -0.2) is 8.42 Å². The first-order valence-electron chi connectivity index (χ1n) is 6.39. The van der Waals surface area contributed by atoms with E-state index in [9.17, 15) is 8.42 Å². The fourth-order valence-electron chi connectivity index (χ4n) is 2.28. The zero-order valence-electron chi connectivity index (χ0n) is 10.9. The lowest BCUT2D eigenvalue weighted by atomic mass is 10.2. The van der Waals surface area contributed by atoms with Crippen LogP contribution in [0.5, 0.6) is 0 Å². The van der Waals surface area contributed by atoms with Gasteiger partial charge in [-0.3, -0.25) is 4.98 Å². The van der Waals surface area contributed by atoms with Gasteiger partial charge in [0.25, 0.3) is 0 Å². The number of rotatable bonds is 3. The van der Waals surface area contributed by atoms with E-state index in [1.165, 1.54) is 6.20 Å². The minimum Gasteiger partial charge on any atom is -0.386 e. The molecule has 0 radical (unpaired) electrons. The first-order valence-corrected chi connectivity index (χ1v) is 8.62. The number of hydrogen-bond donors (Lipinski definition) is 1. The Balaban J connectivity index is 2.41. The van der Waals surface area contributed by atoms with Gasteiger partial charge in [-0.05, 0) is 28.8 Å². The molecule has 1 saturated heterocycles. The fourth-order valence-corrected chi connectivity index (χ4v) is 4.62. The Hall–Kier alpha value is -0.660. The number of sulfonamides is 1. The van der Waals surface area contributed by atoms with Gasteiger partial charge in [-0.15, -0.1) is 0 Å². The number of hydrogen-bond acceptors (Lipinski definition) is 4. The van der Waals surface area contributed by atoms with E-state index in [-0.39, 0.29) is 4.90 Å². The van der Waals surface area contributed by atoms with Gasteiger partial charge < -0.3 is 5.32 Å². The van der Waals surface area contributed by atoms with E-state index in [0.717, 1.165) is 25.7 Å². The molecule has 106 valence electrons. The standard InChI is InChI=1S/C12H18BrN3O2S/c1-14-12-10(13)8-15-9-11(12)19(17,18)16-6-4-2-3-5-7-16/h8-9H,2-7H2,1H3,(H,14,15). The molecule has 0 unspecified atom stereocenters. The Labute approximate surface area is 122 Å². The molecule has 0 amide bonds. The first-order chi connectivity index (χ1) is 9.07. The van der Waals surface area contributed by atoms with Crippen LogP contribution in [0.1, 0.15) is 25.7 Å². The molecule has 1 aliphatic heterocycles. The van der Waals surface area contributed by atoms with Crippen LogP contribution in [-0.2, 0) is 10.0 Å². The van der Waals surface area contributed by atoms with Crippen molar-refractivity contribution in [3.63, 3.8) is 0 Å². The molecule has 0 spiro atoms. The van der Waals surface area contributed by atoms with Gasteiger partial charge >= 0.3 is 0 Å². The first kappa shape index (κ1) is 14.7. The van der Waals surface area contributed by atoms with E-state index >= 15 is 0 Å². The van der Waals surface area contributed by atoms with Crippen molar-refractivity contribution >= 4 is 31.6 Å². The average Bonchev–Trinajstić information content (AvgIpc) is 2.67. The second-order valence-corrected chi connectivity index (χ2v) is 7.32. The molecule has 0 bridgehead atoms. The number of aromatic nitrogens is 1. The predicted octanol–water partition coefficient (Wildman–Crippen LogP) is 2.45. The van der Waals surface area contributed by atoms with Crippen molar-refractivity contribution in [3.8, 4) is 0 Å². The van der Waals surface area contributed by atoms with Crippen LogP contribution in [0.4, 0.5) is 5.69 Å². The Morgan fingerprint density at radius 1 is 1.21 bits per heavy atom. The molecular weight excluding hydrogens is 330 g/mol. The second kappa shape index (κ2) is 6.19. The van der Waals surface area contributed by atoms with Crippen LogP contribution in [0.15, 0.2) is 21.8 Å². The number of anilines is 1. The molecule has 2 rings (SSSR count). The molecule has 5 nitrogen and oxygen atoms in total. The van der Waals surface area contributed by atoms with E-state index in [4.69, 9.17) is 0 Å². The minimum atomic E-state index is -3.47. The highest BCUT2D eigenvalue weighted by atomic mass is 79.9. The average molecular weight is 348 g/mol. The molecule has 0 aliphatic carbocycles. The molecular formula is C12H18BrN3O2S. The summed E-state index contributed by atoms with van der Waals surface area (Å²) in [5.41, 5.74) is 0.569. The van der Waals surface area contributed by atoms with Crippen LogP contribution in [0.2, 0.25) is 0 Å². The number of nitrogens with one attached hydrogen (secondary N) is 1. The molecule has 1 aromatic rings. The van der Waals surface area contributed by atoms with Crippen molar-refractivity contribution in [2.75, 3.05) is 25.5 Å². The zero-order valence-corrected chi connectivity index (χ0v) is 13.3. The van der Waals surface area contributed by atoms with E-state index in [1.807, 2.05) is 0 Å². The van der Waals surface area contributed by atoms with Gasteiger partial charge in [-0.2, -0.15) is 4.31 Å². The largest absolute Gasteiger partial charge is 0.386 e. The predicted molar refractivity (Wildman–Crippen MR) is 78.7 cm³/mol. The SMILES string of the molecule is CNc1c(Br)cncc1S(=O)(=O)N1CCCCCC1. The third-order valence-electron chi connectivity index (χ3n) is 3.30. The molecule has 1 N–H and O–H groups in total. The smallest absolute Gasteiger partial charge is 0.246 e. The van der Waals surface area contributed by atoms with Crippen LogP contribution in [-0.4, -0.2) is 37.8 Å². The van der Waals surface area contributed by atoms with Crippen molar-refractivity contribution < 1.29 is 8.42 Å². The summed E-state index contributed by atoms with van der Waals surface area (Å²) >= 11 is 3.33. The van der Waals surface area contributed by atoms with Gasteiger partial charge in [0.05, 0.1) is 10.2 Å². The molecule has 1 aromatic heterocycles. The molecule has 0 saturated carbocycles. The Kier molecular flexibility index (Phi) is 4.81. The van der Waals surface area contributed by atoms with Crippen molar-refractivity contribution in [3.05, 3.63) is 16.9 Å². The van der Waals surface area contributed by atoms with Crippen molar-refractivity contribution in [1.82, 2.24) is 9.29 Å². The lowest BCUT2D eigenvalue weighted by Gasteiger charge is -2.21. The Morgan fingerprint density at radius 2 is 1.84 bits per heavy atom. The van der Waals surface area contributed by atoms with E-state index in [1.54, 1.807) is 17.5 Å². The van der Waals surface area contributed by atoms with Crippen molar-refractivity contribution in [2.24, 2.45) is 0 Å². The number of pyridine rings is 1. The normalized spacial score (nSPS) is 18.0. The summed E-state index contributed by atoms with van der Waals surface area (Å²) in [7, 11) is -1.76. The fraction of sp³-hybridized carbons (Fsp3) is 0.583. The van der Waals surface area contributed by atoms with Crippen molar-refractivity contribution in [1.29, 1.82) is 0 Å². The maximum atomic E-state index is 12.7. The van der Waals surface area contributed by atoms with Crippen LogP contribution in [0, 0.1) is 0 Å². The maximum absolute atomic E-state index is 12.7. The van der Waals surface area contributed by atoms with Gasteiger partial charge in [0.1, 0.15) is 4.90 Å². The minimum absolute atomic E-state index is 0.242. The summed E-state index contributed by atoms with van der Waals surface area (Å²) < 4.78 is 27.6. The summed E-state index contributed by atoms with van der Waals surface area (Å²) in [4.78, 5) is 4.23. The summed E-state index contributed by atoms with van der Waals surface area (Å²) in [5.74, 6) is 0. The van der Waals surface area contributed by atoms with Gasteiger partial charge in [0.2, 0.25) is 10.0 Å². The topological polar surface area (TPSA) is 62.3 Å². The monoisotopic (exact) mass is 347 g/mol. The van der Waals surface area contributed by atoms with Crippen LogP contribution in [0.3, 0.4) is 0 Å². The molecule has 1 fully saturated rings. The van der Waals surface area contributed by atoms with Crippen LogP contribution < -0.4 is 5.32 Å². The van der Waals surface area contributed by atoms with Gasteiger partial charge in [0, 0.05) is 32.5 Å². The maximum Gasteiger partial charge on any atom is 0.246 e. The van der Waals surface area contributed by atoms with Gasteiger partial charge in [0.15, 0.2) is 0 Å². The summed E-state index contributed by atoms with van der Waals surface area (Å²) in [6.07, 6.45) is 7.05. The van der Waals surface area contributed by atoms with Crippen molar-refractivity contribution in [2.45, 2.75) is 30.6 Å². The third-order valence-corrected chi connectivity index (χ3v) is 5.81. The summed E-state index contributed by atoms with van der Waals surface area (Å²) in [6.45, 7) is 1.19. The molecule has 7 heteroatoms. The second-order valence-electron chi connectivity index (χ2n) is 4.56. The van der Waals surface area contributed by atoms with Crippen LogP contribution in [0.25, 0.3) is 0 Å². The van der Waals surface area contributed by atoms with Crippen LogP contribution >= 0.6 is 15.9 Å². The molecule has 1 aliphatic rings. The highest BCUT2D eigenvalue weighted by Crippen LogP contribution is 2.31. The van der Waals surface area contributed by atoms with Gasteiger partial charge in [-0.1, -0.05) is 12.8 Å². The lowest BCUT2D eigenvalue weighted by Crippen LogP contribution is -2.32. The Bertz CT molecular complexity index is 540. The van der Waals surface area contributed by atoms with E-state index in [0.29, 0.717) is 23.2 Å². The summed E-state index contributed by atoms with van der Waals surface area (Å²) in [5, 5.41) is 2.93. The highest BCUT2D eigenvalue weighted by Gasteiger charge is 2.28. The summed E-state index contributed by atoms with van der Waals surface area (Å²) in [6, 6.07) is 0. The molecule has 2 heterocycles. The number of nitrogens with zero attached hydrogens (tertiary/aromatic N) is 2. The third kappa shape index (κ3) is 3.09. The number of halogens is 1. The lowest BCUT2D eigenvalue weighted by molar-refractivity contribution is 0.423. The van der Waals surface area contributed by atoms with E-state index in [2.05, 4.69) is 26.2 Å². The molecule has 0 atom stereocenters. The Morgan fingerprint density at radius 3 is 2.42 bits per heavy atom. The molecule has 0 aromatic carbocycles. The quantitative estimate of drug-likeness (QED) is 0.912. The highest BCUT2D eigenvalue weighted by molar-refractivity contribution is 9.10.